The molecule has 1 aromatic rings. The summed E-state index contributed by atoms with van der Waals surface area (Å²) in [5.74, 6) is -3.16. The van der Waals surface area contributed by atoms with Gasteiger partial charge in [0.05, 0.1) is 12.4 Å². The van der Waals surface area contributed by atoms with Crippen molar-refractivity contribution >= 4 is 42.3 Å². The lowest BCUT2D eigenvalue weighted by molar-refractivity contribution is -0.142. The highest BCUT2D eigenvalue weighted by Crippen LogP contribution is 2.06. The molecule has 0 saturated heterocycles. The summed E-state index contributed by atoms with van der Waals surface area (Å²) in [6.07, 6.45) is 3.63. The van der Waals surface area contributed by atoms with Gasteiger partial charge < -0.3 is 43.2 Å². The Morgan fingerprint density at radius 1 is 1.08 bits per heavy atom. The van der Waals surface area contributed by atoms with Gasteiger partial charge in [-0.2, -0.15) is 12.6 Å². The van der Waals surface area contributed by atoms with Gasteiger partial charge in [-0.05, 0) is 25.2 Å². The van der Waals surface area contributed by atoms with Gasteiger partial charge in [0, 0.05) is 30.6 Å². The van der Waals surface area contributed by atoms with E-state index in [2.05, 4.69) is 43.5 Å². The zero-order chi connectivity index (χ0) is 27.3. The second-order valence-electron chi connectivity index (χ2n) is 8.67. The minimum atomic E-state index is -1.27. The van der Waals surface area contributed by atoms with Crippen LogP contribution >= 0.6 is 12.6 Å². The van der Waals surface area contributed by atoms with Crippen molar-refractivity contribution in [3.8, 4) is 0 Å². The number of carboxylic acid groups (broad SMARTS) is 1. The largest absolute Gasteiger partial charge is 0.480 e. The van der Waals surface area contributed by atoms with Crippen LogP contribution in [0.3, 0.4) is 0 Å². The van der Waals surface area contributed by atoms with E-state index in [1.807, 2.05) is 13.8 Å². The highest BCUT2D eigenvalue weighted by Gasteiger charge is 2.30. The van der Waals surface area contributed by atoms with Crippen molar-refractivity contribution in [1.29, 1.82) is 0 Å². The Kier molecular flexibility index (Phi) is 13.3. The number of hydrogen-bond donors (Lipinski definition) is 9. The number of carboxylic acids is 1. The van der Waals surface area contributed by atoms with Gasteiger partial charge in [0.2, 0.25) is 17.7 Å². The van der Waals surface area contributed by atoms with Gasteiger partial charge in [0.15, 0.2) is 5.96 Å². The van der Waals surface area contributed by atoms with E-state index >= 15 is 0 Å². The molecule has 1 rings (SSSR count). The van der Waals surface area contributed by atoms with E-state index in [0.717, 1.165) is 0 Å². The van der Waals surface area contributed by atoms with Crippen LogP contribution in [-0.2, 0) is 25.6 Å². The summed E-state index contributed by atoms with van der Waals surface area (Å²) in [5, 5.41) is 17.1. The molecule has 0 aromatic carbocycles. The smallest absolute Gasteiger partial charge is 0.326 e. The number of nitrogens with two attached hydrogens (primary N) is 3. The number of guanidine groups is 1. The number of imidazole rings is 1. The Balaban J connectivity index is 2.93. The number of thiol groups is 1. The first-order valence-corrected chi connectivity index (χ1v) is 12.1. The van der Waals surface area contributed by atoms with Gasteiger partial charge in [-0.1, -0.05) is 13.8 Å². The first-order chi connectivity index (χ1) is 16.9. The number of hydrogen-bond acceptors (Lipinski definition) is 8. The van der Waals surface area contributed by atoms with Gasteiger partial charge in [0.25, 0.3) is 0 Å². The number of aromatic nitrogens is 2. The van der Waals surface area contributed by atoms with Crippen LogP contribution in [0.15, 0.2) is 17.5 Å². The molecule has 1 heterocycles. The van der Waals surface area contributed by atoms with Gasteiger partial charge in [0.1, 0.15) is 18.1 Å². The summed E-state index contributed by atoms with van der Waals surface area (Å²) in [5.41, 5.74) is 17.0. The number of rotatable bonds is 16. The first kappa shape index (κ1) is 30.7. The number of aromatic amines is 1. The number of aliphatic carboxylic acids is 1. The standard InChI is InChI=1S/C21H37N9O5S/c1-11(2)6-13(22)17(31)30-16(9-36)19(33)28-14(4-3-5-26-21(23)24)18(32)29-15(20(34)35)7-12-8-25-10-27-12/h8,10-11,13-16,36H,3-7,9,22H2,1-2H3,(H,25,27)(H,28,33)(H,29,32)(H,30,31)(H,34,35)(H4,23,24,26). The quantitative estimate of drug-likeness (QED) is 0.0491. The van der Waals surface area contributed by atoms with Crippen LogP contribution in [0.4, 0.5) is 0 Å². The maximum atomic E-state index is 13.0. The second-order valence-corrected chi connectivity index (χ2v) is 9.04. The predicted molar refractivity (Wildman–Crippen MR) is 137 cm³/mol. The van der Waals surface area contributed by atoms with Crippen molar-refractivity contribution in [3.63, 3.8) is 0 Å². The molecule has 11 N–H and O–H groups in total. The Bertz CT molecular complexity index is 890. The summed E-state index contributed by atoms with van der Waals surface area (Å²) in [7, 11) is 0. The number of carbonyl (C=O) groups excluding carboxylic acids is 3. The number of H-pyrrole nitrogens is 1. The lowest BCUT2D eigenvalue weighted by Gasteiger charge is -2.24. The lowest BCUT2D eigenvalue weighted by atomic mass is 10.0. The minimum Gasteiger partial charge on any atom is -0.480 e. The van der Waals surface area contributed by atoms with E-state index in [0.29, 0.717) is 18.5 Å². The van der Waals surface area contributed by atoms with Crippen molar-refractivity contribution in [3.05, 3.63) is 18.2 Å². The third-order valence-electron chi connectivity index (χ3n) is 5.05. The fraction of sp³-hybridized carbons (Fsp3) is 0.619. The molecule has 0 aliphatic rings. The Hall–Kier alpha value is -3.33. The van der Waals surface area contributed by atoms with Crippen LogP contribution in [0.25, 0.3) is 0 Å². The molecule has 0 radical (unpaired) electrons. The molecule has 0 aliphatic heterocycles. The Morgan fingerprint density at radius 2 is 1.69 bits per heavy atom. The third-order valence-corrected chi connectivity index (χ3v) is 5.41. The summed E-state index contributed by atoms with van der Waals surface area (Å²) < 4.78 is 0. The van der Waals surface area contributed by atoms with E-state index in [-0.39, 0.29) is 37.0 Å². The van der Waals surface area contributed by atoms with Crippen molar-refractivity contribution in [2.45, 2.75) is 63.7 Å². The third kappa shape index (κ3) is 11.4. The average Bonchev–Trinajstić information content (AvgIpc) is 3.31. The molecule has 0 bridgehead atoms. The van der Waals surface area contributed by atoms with Crippen LogP contribution < -0.4 is 33.2 Å². The molecular weight excluding hydrogens is 490 g/mol. The maximum absolute atomic E-state index is 13.0. The number of nitrogens with zero attached hydrogens (tertiary/aromatic N) is 2. The monoisotopic (exact) mass is 527 g/mol. The molecule has 15 heteroatoms. The molecular formula is C21H37N9O5S. The summed E-state index contributed by atoms with van der Waals surface area (Å²) in [6, 6.07) is -4.27. The Morgan fingerprint density at radius 3 is 2.22 bits per heavy atom. The van der Waals surface area contributed by atoms with Gasteiger partial charge in [-0.25, -0.2) is 9.78 Å². The molecule has 0 fully saturated rings. The maximum Gasteiger partial charge on any atom is 0.326 e. The van der Waals surface area contributed by atoms with Gasteiger partial charge >= 0.3 is 5.97 Å². The van der Waals surface area contributed by atoms with E-state index in [4.69, 9.17) is 17.2 Å². The topological polar surface area (TPSA) is 244 Å². The van der Waals surface area contributed by atoms with Crippen LogP contribution in [0.5, 0.6) is 0 Å². The number of amides is 3. The van der Waals surface area contributed by atoms with E-state index in [1.165, 1.54) is 12.5 Å². The van der Waals surface area contributed by atoms with Crippen molar-refractivity contribution < 1.29 is 24.3 Å². The normalized spacial score (nSPS) is 14.2. The first-order valence-electron chi connectivity index (χ1n) is 11.5. The summed E-state index contributed by atoms with van der Waals surface area (Å²) in [4.78, 5) is 60.4. The molecule has 4 unspecified atom stereocenters. The fourth-order valence-electron chi connectivity index (χ4n) is 3.22. The number of carbonyl (C=O) groups is 4. The van der Waals surface area contributed by atoms with Crippen LogP contribution in [0.2, 0.25) is 0 Å². The SMILES string of the molecule is CC(C)CC(N)C(=O)NC(CS)C(=O)NC(CCCN=C(N)N)C(=O)NC(Cc1cnc[nH]1)C(=O)O. The van der Waals surface area contributed by atoms with E-state index < -0.39 is 47.9 Å². The second kappa shape index (κ2) is 15.6. The fourth-order valence-corrected chi connectivity index (χ4v) is 3.48. The van der Waals surface area contributed by atoms with Gasteiger partial charge in [-0.15, -0.1) is 0 Å². The van der Waals surface area contributed by atoms with E-state index in [9.17, 15) is 24.3 Å². The van der Waals surface area contributed by atoms with Crippen molar-refractivity contribution in [2.75, 3.05) is 12.3 Å². The highest BCUT2D eigenvalue weighted by molar-refractivity contribution is 7.80. The van der Waals surface area contributed by atoms with Crippen LogP contribution in [-0.4, -0.2) is 81.2 Å². The molecule has 202 valence electrons. The van der Waals surface area contributed by atoms with Crippen LogP contribution in [0.1, 0.15) is 38.8 Å². The zero-order valence-corrected chi connectivity index (χ0v) is 21.3. The molecule has 4 atom stereocenters. The highest BCUT2D eigenvalue weighted by atomic mass is 32.1. The number of nitrogens with one attached hydrogen (secondary N) is 4. The van der Waals surface area contributed by atoms with Gasteiger partial charge in [-0.3, -0.25) is 19.4 Å². The molecule has 0 aliphatic carbocycles. The van der Waals surface area contributed by atoms with Crippen molar-refractivity contribution in [2.24, 2.45) is 28.1 Å². The Labute approximate surface area is 215 Å². The number of aliphatic imine (C=N–C) groups is 1. The predicted octanol–water partition coefficient (Wildman–Crippen LogP) is -2.15. The zero-order valence-electron chi connectivity index (χ0n) is 20.4. The molecule has 1 aromatic heterocycles. The average molecular weight is 528 g/mol. The molecule has 36 heavy (non-hydrogen) atoms. The van der Waals surface area contributed by atoms with Crippen LogP contribution in [0, 0.1) is 5.92 Å². The molecule has 3 amide bonds. The van der Waals surface area contributed by atoms with E-state index in [1.54, 1.807) is 0 Å². The lowest BCUT2D eigenvalue weighted by Crippen LogP contribution is -2.57. The molecule has 0 saturated carbocycles. The summed E-state index contributed by atoms with van der Waals surface area (Å²) >= 11 is 4.13. The molecule has 14 nitrogen and oxygen atoms in total. The van der Waals surface area contributed by atoms with Crippen molar-refractivity contribution in [1.82, 2.24) is 25.9 Å². The summed E-state index contributed by atoms with van der Waals surface area (Å²) in [6.45, 7) is 4.02. The molecule has 0 spiro atoms. The minimum absolute atomic E-state index is 0.0429.